The summed E-state index contributed by atoms with van der Waals surface area (Å²) >= 11 is 6.85. The normalized spacial score (nSPS) is 16.1. The molecule has 5 aromatic rings. The van der Waals surface area contributed by atoms with Crippen molar-refractivity contribution >= 4 is 74.6 Å². The van der Waals surface area contributed by atoms with Crippen molar-refractivity contribution in [2.24, 2.45) is 0 Å². The lowest BCUT2D eigenvalue weighted by atomic mass is 9.96. The molecule has 356 valence electrons. The first-order valence-corrected chi connectivity index (χ1v) is 22.5. The summed E-state index contributed by atoms with van der Waals surface area (Å²) in [5, 5.41) is 17.8. The summed E-state index contributed by atoms with van der Waals surface area (Å²) in [5.41, 5.74) is 0.767. The average Bonchev–Trinajstić information content (AvgIpc) is 3.59. The third-order valence-corrected chi connectivity index (χ3v) is 11.9. The van der Waals surface area contributed by atoms with Gasteiger partial charge in [0, 0.05) is 50.1 Å². The molecule has 1 unspecified atom stereocenters. The van der Waals surface area contributed by atoms with Crippen molar-refractivity contribution in [3.8, 4) is 22.6 Å². The molecule has 3 N–H and O–H groups in total. The predicted octanol–water partition coefficient (Wildman–Crippen LogP) is 4.74. The first-order chi connectivity index (χ1) is 33.0. The maximum Gasteiger partial charge on any atom is 0.266 e. The van der Waals surface area contributed by atoms with Gasteiger partial charge >= 0.3 is 0 Å². The molecule has 1 atom stereocenters. The number of hydrogen-bond acceptors (Lipinski definition) is 15. The van der Waals surface area contributed by atoms with Gasteiger partial charge in [0.05, 0.1) is 69.0 Å². The van der Waals surface area contributed by atoms with Crippen LogP contribution in [0.4, 0.5) is 16.2 Å². The Labute approximate surface area is 394 Å². The van der Waals surface area contributed by atoms with Gasteiger partial charge in [-0.15, -0.1) is 0 Å². The number of piperidine rings is 1. The quantitative estimate of drug-likeness (QED) is 0.0515. The number of hydrogen-bond donors (Lipinski definition) is 3. The maximum absolute atomic E-state index is 16.9. The van der Waals surface area contributed by atoms with Gasteiger partial charge in [0.15, 0.2) is 5.82 Å². The molecule has 0 saturated carbocycles. The zero-order chi connectivity index (χ0) is 47.7. The van der Waals surface area contributed by atoms with Gasteiger partial charge < -0.3 is 43.9 Å². The van der Waals surface area contributed by atoms with Crippen molar-refractivity contribution < 1.29 is 57.2 Å². The molecule has 4 aromatic carbocycles. The van der Waals surface area contributed by atoms with Crippen LogP contribution in [0.5, 0.6) is 11.5 Å². The highest BCUT2D eigenvalue weighted by Gasteiger charge is 2.46. The highest BCUT2D eigenvalue weighted by molar-refractivity contribution is 6.35. The van der Waals surface area contributed by atoms with E-state index in [1.54, 1.807) is 29.2 Å². The summed E-state index contributed by atoms with van der Waals surface area (Å²) in [7, 11) is 0. The Bertz CT molecular complexity index is 2750. The molecule has 2 fully saturated rings. The number of ether oxygens (including phenoxy) is 5. The van der Waals surface area contributed by atoms with Crippen molar-refractivity contribution in [1.29, 1.82) is 0 Å². The van der Waals surface area contributed by atoms with Gasteiger partial charge in [0.2, 0.25) is 23.7 Å². The average molecular weight is 954 g/mol. The molecular formula is C48H49ClFN7O11. The molecule has 0 spiro atoms. The summed E-state index contributed by atoms with van der Waals surface area (Å²) in [6.45, 7) is 7.99. The number of imide groups is 2. The Morgan fingerprint density at radius 1 is 0.824 bits per heavy atom. The van der Waals surface area contributed by atoms with Crippen molar-refractivity contribution in [3.05, 3.63) is 95.3 Å². The molecule has 20 heteroatoms. The van der Waals surface area contributed by atoms with Crippen LogP contribution in [0.2, 0.25) is 5.02 Å². The summed E-state index contributed by atoms with van der Waals surface area (Å²) in [4.78, 5) is 76.4. The lowest BCUT2D eigenvalue weighted by Crippen LogP contribution is -2.54. The van der Waals surface area contributed by atoms with Crippen molar-refractivity contribution in [1.82, 2.24) is 25.1 Å². The first-order valence-electron chi connectivity index (χ1n) is 22.1. The minimum absolute atomic E-state index is 0.0287. The van der Waals surface area contributed by atoms with Crippen LogP contribution < -0.4 is 20.3 Å². The Hall–Kier alpha value is -6.77. The van der Waals surface area contributed by atoms with Gasteiger partial charge in [0.25, 0.3) is 11.8 Å². The summed E-state index contributed by atoms with van der Waals surface area (Å²) in [6.07, 6.45) is 1.37. The lowest BCUT2D eigenvalue weighted by Gasteiger charge is -2.35. The third-order valence-electron chi connectivity index (χ3n) is 11.6. The number of rotatable bonds is 21. The van der Waals surface area contributed by atoms with Crippen LogP contribution in [0.1, 0.15) is 33.6 Å². The number of aromatic hydroxyl groups is 1. The monoisotopic (exact) mass is 953 g/mol. The van der Waals surface area contributed by atoms with Crippen LogP contribution in [0.3, 0.4) is 0 Å². The van der Waals surface area contributed by atoms with E-state index in [0.717, 1.165) is 10.3 Å². The van der Waals surface area contributed by atoms with Gasteiger partial charge in [-0.25, -0.2) is 9.37 Å². The Morgan fingerprint density at radius 2 is 1.51 bits per heavy atom. The van der Waals surface area contributed by atoms with Crippen molar-refractivity contribution in [2.45, 2.75) is 18.9 Å². The number of carbonyl (C=O) groups excluding carboxylic acids is 5. The second-order valence-corrected chi connectivity index (χ2v) is 16.3. The van der Waals surface area contributed by atoms with E-state index in [-0.39, 0.29) is 89.9 Å². The van der Waals surface area contributed by atoms with Gasteiger partial charge in [-0.1, -0.05) is 48.5 Å². The molecular weight excluding hydrogens is 905 g/mol. The van der Waals surface area contributed by atoms with E-state index in [1.807, 2.05) is 29.2 Å². The van der Waals surface area contributed by atoms with E-state index in [9.17, 15) is 29.1 Å². The number of phenols is 1. The molecule has 68 heavy (non-hydrogen) atoms. The molecule has 4 heterocycles. The maximum atomic E-state index is 16.9. The van der Waals surface area contributed by atoms with E-state index >= 15 is 4.39 Å². The number of nitrogens with one attached hydrogen (secondary N) is 2. The van der Waals surface area contributed by atoms with Crippen molar-refractivity contribution in [2.75, 3.05) is 102 Å². The second kappa shape index (κ2) is 21.9. The van der Waals surface area contributed by atoms with Crippen LogP contribution >= 0.6 is 11.6 Å². The molecule has 5 amide bonds. The third kappa shape index (κ3) is 10.5. The number of phenolic OH excluding ortho intramolecular Hbond substituents is 1. The largest absolute Gasteiger partial charge is 0.508 e. The summed E-state index contributed by atoms with van der Waals surface area (Å²) in [6, 6.07) is 15.7. The Balaban J connectivity index is 0.759. The number of fused-ring (bicyclic) bond motifs is 3. The van der Waals surface area contributed by atoms with Crippen LogP contribution in [-0.4, -0.2) is 153 Å². The number of amides is 5. The minimum Gasteiger partial charge on any atom is -0.508 e. The van der Waals surface area contributed by atoms with E-state index in [0.29, 0.717) is 87.9 Å². The molecule has 3 aliphatic heterocycles. The minimum atomic E-state index is -1.07. The van der Waals surface area contributed by atoms with E-state index in [2.05, 4.69) is 22.2 Å². The number of aromatic nitrogens is 2. The molecule has 3 aliphatic rings. The number of benzene rings is 4. The predicted molar refractivity (Wildman–Crippen MR) is 248 cm³/mol. The number of nitrogens with zero attached hydrogens (tertiary/aromatic N) is 5. The van der Waals surface area contributed by atoms with Gasteiger partial charge in [0.1, 0.15) is 35.5 Å². The number of piperazine rings is 1. The summed E-state index contributed by atoms with van der Waals surface area (Å²) < 4.78 is 45.1. The molecule has 1 aromatic heterocycles. The van der Waals surface area contributed by atoms with Crippen LogP contribution in [0.15, 0.2) is 73.3 Å². The summed E-state index contributed by atoms with van der Waals surface area (Å²) in [5.74, 6) is -2.42. The fourth-order valence-electron chi connectivity index (χ4n) is 8.33. The zero-order valence-electron chi connectivity index (χ0n) is 37.0. The SMILES string of the molecule is C=CC(=O)N1CCN(c2nc(NCCOCCOCCOCCOCCOc3cccc4c3C(=O)N(C3CCC(=O)NC3=O)C4=O)nc3c(F)c(-c4cc(O)cc5ccccc45)c(Cl)cc23)CC1. The molecule has 0 bridgehead atoms. The van der Waals surface area contributed by atoms with E-state index in [1.165, 1.54) is 18.2 Å². The number of halogens is 2. The van der Waals surface area contributed by atoms with E-state index < -0.39 is 35.5 Å². The zero-order valence-corrected chi connectivity index (χ0v) is 37.7. The highest BCUT2D eigenvalue weighted by atomic mass is 35.5. The lowest BCUT2D eigenvalue weighted by molar-refractivity contribution is -0.136. The van der Waals surface area contributed by atoms with Crippen molar-refractivity contribution in [3.63, 3.8) is 0 Å². The Morgan fingerprint density at radius 3 is 2.22 bits per heavy atom. The molecule has 2 saturated heterocycles. The van der Waals surface area contributed by atoms with Crippen LogP contribution in [-0.2, 0) is 33.3 Å². The highest BCUT2D eigenvalue weighted by Crippen LogP contribution is 2.42. The van der Waals surface area contributed by atoms with Gasteiger partial charge in [-0.3, -0.25) is 34.2 Å². The van der Waals surface area contributed by atoms with Crippen LogP contribution in [0, 0.1) is 5.82 Å². The molecule has 0 radical (unpaired) electrons. The molecule has 18 nitrogen and oxygen atoms in total. The Kier molecular flexibility index (Phi) is 15.4. The topological polar surface area (TPSA) is 211 Å². The number of anilines is 2. The van der Waals surface area contributed by atoms with E-state index in [4.69, 9.17) is 40.3 Å². The first kappa shape index (κ1) is 47.7. The molecule has 0 aliphatic carbocycles. The second-order valence-electron chi connectivity index (χ2n) is 15.9. The van der Waals surface area contributed by atoms with Gasteiger partial charge in [-0.05, 0) is 59.2 Å². The van der Waals surface area contributed by atoms with Gasteiger partial charge in [-0.2, -0.15) is 4.98 Å². The number of carbonyl (C=O) groups is 5. The standard InChI is InChI=1S/C48H49ClFN7O11/c1-2-39(60)55-13-15-56(16-14-55)44-34-28-35(49)40(33-27-30(58)26-29-6-3-4-7-31(29)33)42(50)43(34)53-48(54-44)51-12-17-64-18-19-65-20-21-66-22-23-67-24-25-68-37-9-5-8-32-41(37)47(63)57(46(32)62)36-10-11-38(59)52-45(36)61/h2-9,26-28,36,58H,1,10-25H2,(H,51,53,54)(H,52,59,61). The fourth-order valence-corrected chi connectivity index (χ4v) is 8.62. The smallest absolute Gasteiger partial charge is 0.266 e. The molecule has 8 rings (SSSR count). The fraction of sp³-hybridized carbons (Fsp3) is 0.354. The van der Waals surface area contributed by atoms with Crippen LogP contribution in [0.25, 0.3) is 32.8 Å².